The molecule has 0 amide bonds. The first-order chi connectivity index (χ1) is 9.25. The molecule has 1 atom stereocenters. The Morgan fingerprint density at radius 3 is 2.63 bits per heavy atom. The summed E-state index contributed by atoms with van der Waals surface area (Å²) in [6.07, 6.45) is 0.258. The van der Waals surface area contributed by atoms with Crippen LogP contribution in [0.4, 0.5) is 0 Å². The summed E-state index contributed by atoms with van der Waals surface area (Å²) in [6, 6.07) is 16.7. The normalized spacial score (nSPS) is 12.7. The second kappa shape index (κ2) is 5.16. The molecule has 0 aliphatic carbocycles. The first-order valence-corrected chi connectivity index (χ1v) is 7.32. The molecular formula is C17H16OS. The number of hydrogen-bond acceptors (Lipinski definition) is 2. The average molecular weight is 268 g/mol. The van der Waals surface area contributed by atoms with Crippen molar-refractivity contribution >= 4 is 22.1 Å². The molecule has 0 fully saturated rings. The van der Waals surface area contributed by atoms with E-state index in [0.717, 1.165) is 4.88 Å². The van der Waals surface area contributed by atoms with E-state index in [1.54, 1.807) is 11.3 Å². The highest BCUT2D eigenvalue weighted by atomic mass is 32.1. The lowest BCUT2D eigenvalue weighted by atomic mass is 9.99. The van der Waals surface area contributed by atoms with Gasteiger partial charge < -0.3 is 5.11 Å². The summed E-state index contributed by atoms with van der Waals surface area (Å²) in [7, 11) is 0. The smallest absolute Gasteiger partial charge is 0.0925 e. The molecular weight excluding hydrogens is 252 g/mol. The third-order valence-corrected chi connectivity index (χ3v) is 4.62. The summed E-state index contributed by atoms with van der Waals surface area (Å²) in [5.74, 6) is 0. The number of aryl methyl sites for hydroxylation is 1. The fourth-order valence-electron chi connectivity index (χ4n) is 2.50. The summed E-state index contributed by atoms with van der Waals surface area (Å²) in [6.45, 7) is 2.05. The van der Waals surface area contributed by atoms with Gasteiger partial charge in [0.15, 0.2) is 0 Å². The molecule has 0 spiro atoms. The molecule has 3 rings (SSSR count). The third kappa shape index (κ3) is 2.42. The summed E-state index contributed by atoms with van der Waals surface area (Å²) in [4.78, 5) is 1.08. The number of thiophene rings is 1. The fraction of sp³-hybridized carbons (Fsp3) is 0.176. The van der Waals surface area contributed by atoms with Crippen LogP contribution in [0.3, 0.4) is 0 Å². The quantitative estimate of drug-likeness (QED) is 0.742. The van der Waals surface area contributed by atoms with Crippen LogP contribution < -0.4 is 0 Å². The van der Waals surface area contributed by atoms with Crippen molar-refractivity contribution in [3.8, 4) is 0 Å². The molecule has 19 heavy (non-hydrogen) atoms. The van der Waals surface area contributed by atoms with E-state index in [0.29, 0.717) is 6.42 Å². The Morgan fingerprint density at radius 2 is 1.84 bits per heavy atom. The maximum atomic E-state index is 10.4. The predicted molar refractivity (Wildman–Crippen MR) is 81.7 cm³/mol. The van der Waals surface area contributed by atoms with E-state index in [2.05, 4.69) is 49.4 Å². The second-order valence-corrected chi connectivity index (χ2v) is 5.77. The van der Waals surface area contributed by atoms with Crippen LogP contribution in [0.25, 0.3) is 10.8 Å². The molecule has 1 heterocycles. The van der Waals surface area contributed by atoms with Gasteiger partial charge in [0.1, 0.15) is 0 Å². The van der Waals surface area contributed by atoms with Crippen molar-refractivity contribution in [2.75, 3.05) is 0 Å². The van der Waals surface area contributed by atoms with E-state index in [4.69, 9.17) is 0 Å². The highest BCUT2D eigenvalue weighted by molar-refractivity contribution is 7.10. The van der Waals surface area contributed by atoms with Crippen LogP contribution in [-0.2, 0) is 6.42 Å². The number of benzene rings is 2. The van der Waals surface area contributed by atoms with Gasteiger partial charge >= 0.3 is 0 Å². The van der Waals surface area contributed by atoms with Crippen molar-refractivity contribution in [1.82, 2.24) is 0 Å². The summed E-state index contributed by atoms with van der Waals surface area (Å²) in [5, 5.41) is 14.9. The summed E-state index contributed by atoms with van der Waals surface area (Å²) < 4.78 is 0. The van der Waals surface area contributed by atoms with Gasteiger partial charge in [-0.25, -0.2) is 0 Å². The lowest BCUT2D eigenvalue weighted by molar-refractivity contribution is 0.182. The van der Waals surface area contributed by atoms with Gasteiger partial charge in [-0.1, -0.05) is 42.5 Å². The molecule has 0 aliphatic heterocycles. The van der Waals surface area contributed by atoms with Crippen LogP contribution in [0.15, 0.2) is 53.9 Å². The predicted octanol–water partition coefficient (Wildman–Crippen LogP) is 4.49. The van der Waals surface area contributed by atoms with E-state index in [1.165, 1.54) is 21.9 Å². The van der Waals surface area contributed by atoms with Crippen LogP contribution in [-0.4, -0.2) is 5.11 Å². The molecule has 2 heteroatoms. The monoisotopic (exact) mass is 268 g/mol. The molecule has 0 radical (unpaired) electrons. The first-order valence-electron chi connectivity index (χ1n) is 6.44. The number of hydrogen-bond donors (Lipinski definition) is 1. The van der Waals surface area contributed by atoms with Crippen LogP contribution in [0.1, 0.15) is 22.1 Å². The van der Waals surface area contributed by atoms with Gasteiger partial charge in [-0.3, -0.25) is 0 Å². The summed E-state index contributed by atoms with van der Waals surface area (Å²) in [5.41, 5.74) is 2.39. The molecule has 1 N–H and O–H groups in total. The summed E-state index contributed by atoms with van der Waals surface area (Å²) >= 11 is 1.63. The number of rotatable bonds is 3. The minimum absolute atomic E-state index is 0.411. The van der Waals surface area contributed by atoms with Gasteiger partial charge in [0.05, 0.1) is 6.10 Å². The van der Waals surface area contributed by atoms with Crippen molar-refractivity contribution in [2.45, 2.75) is 19.4 Å². The van der Waals surface area contributed by atoms with Crippen molar-refractivity contribution in [3.63, 3.8) is 0 Å². The first kappa shape index (κ1) is 12.4. The zero-order valence-electron chi connectivity index (χ0n) is 10.8. The van der Waals surface area contributed by atoms with Gasteiger partial charge in [-0.05, 0) is 40.3 Å². The molecule has 1 unspecified atom stereocenters. The molecule has 2 aromatic carbocycles. The van der Waals surface area contributed by atoms with E-state index < -0.39 is 6.10 Å². The highest BCUT2D eigenvalue weighted by Crippen LogP contribution is 2.29. The fourth-order valence-corrected chi connectivity index (χ4v) is 3.41. The maximum Gasteiger partial charge on any atom is 0.0925 e. The zero-order chi connectivity index (χ0) is 13.2. The standard InChI is InChI=1S/C17H16OS/c1-12-9-10-19-17(12)16(18)11-14-7-4-6-13-5-2-3-8-15(13)14/h2-10,16,18H,11H2,1H3. The Labute approximate surface area is 117 Å². The number of aliphatic hydroxyl groups is 1. The maximum absolute atomic E-state index is 10.4. The molecule has 0 aliphatic rings. The Balaban J connectivity index is 1.96. The molecule has 0 saturated heterocycles. The van der Waals surface area contributed by atoms with Gasteiger partial charge in [-0.2, -0.15) is 0 Å². The van der Waals surface area contributed by atoms with Crippen LogP contribution >= 0.6 is 11.3 Å². The minimum Gasteiger partial charge on any atom is -0.387 e. The number of fused-ring (bicyclic) bond motifs is 1. The average Bonchev–Trinajstić information content (AvgIpc) is 2.85. The third-order valence-electron chi connectivity index (χ3n) is 3.50. The van der Waals surface area contributed by atoms with Crippen LogP contribution in [0.2, 0.25) is 0 Å². The lowest BCUT2D eigenvalue weighted by Crippen LogP contribution is -2.01. The Hall–Kier alpha value is -1.64. The van der Waals surface area contributed by atoms with E-state index in [-0.39, 0.29) is 0 Å². The van der Waals surface area contributed by atoms with Crippen LogP contribution in [0.5, 0.6) is 0 Å². The molecule has 96 valence electrons. The molecule has 0 bridgehead atoms. The van der Waals surface area contributed by atoms with Crippen molar-refractivity contribution in [3.05, 3.63) is 69.9 Å². The van der Waals surface area contributed by atoms with Crippen LogP contribution in [0, 0.1) is 6.92 Å². The minimum atomic E-state index is -0.411. The van der Waals surface area contributed by atoms with Gasteiger partial charge in [0.25, 0.3) is 0 Å². The second-order valence-electron chi connectivity index (χ2n) is 4.83. The Kier molecular flexibility index (Phi) is 3.36. The molecule has 3 aromatic rings. The van der Waals surface area contributed by atoms with Crippen molar-refractivity contribution in [2.24, 2.45) is 0 Å². The lowest BCUT2D eigenvalue weighted by Gasteiger charge is -2.12. The Bertz CT molecular complexity index is 694. The number of aliphatic hydroxyl groups excluding tert-OH is 1. The topological polar surface area (TPSA) is 20.2 Å². The van der Waals surface area contributed by atoms with E-state index in [1.807, 2.05) is 11.4 Å². The Morgan fingerprint density at radius 1 is 1.05 bits per heavy atom. The molecule has 1 nitrogen and oxygen atoms in total. The molecule has 0 saturated carbocycles. The molecule has 1 aromatic heterocycles. The SMILES string of the molecule is Cc1ccsc1C(O)Cc1cccc2ccccc12. The van der Waals surface area contributed by atoms with Crippen molar-refractivity contribution in [1.29, 1.82) is 0 Å². The zero-order valence-corrected chi connectivity index (χ0v) is 11.7. The van der Waals surface area contributed by atoms with Gasteiger partial charge in [0.2, 0.25) is 0 Å². The van der Waals surface area contributed by atoms with Gasteiger partial charge in [-0.15, -0.1) is 11.3 Å². The van der Waals surface area contributed by atoms with Gasteiger partial charge in [0, 0.05) is 11.3 Å². The van der Waals surface area contributed by atoms with Crippen molar-refractivity contribution < 1.29 is 5.11 Å². The van der Waals surface area contributed by atoms with E-state index in [9.17, 15) is 5.11 Å². The largest absolute Gasteiger partial charge is 0.387 e. The highest BCUT2D eigenvalue weighted by Gasteiger charge is 2.13. The van der Waals surface area contributed by atoms with E-state index >= 15 is 0 Å².